The lowest BCUT2D eigenvalue weighted by atomic mass is 10.1. The Bertz CT molecular complexity index is 332. The van der Waals surface area contributed by atoms with Crippen LogP contribution >= 0.6 is 0 Å². The molecule has 0 aromatic heterocycles. The van der Waals surface area contributed by atoms with Crippen LogP contribution in [0, 0.1) is 6.92 Å². The van der Waals surface area contributed by atoms with E-state index in [1.54, 1.807) is 0 Å². The fourth-order valence-corrected chi connectivity index (χ4v) is 2.46. The summed E-state index contributed by atoms with van der Waals surface area (Å²) in [7, 11) is 0. The monoisotopic (exact) mass is 249 g/mol. The van der Waals surface area contributed by atoms with E-state index in [0.717, 1.165) is 32.6 Å². The SMILES string of the molecule is CC.CCN(c1cccc(C)c1)C1CCOCC1. The number of rotatable bonds is 3. The van der Waals surface area contributed by atoms with Crippen LogP contribution in [0.4, 0.5) is 5.69 Å². The minimum atomic E-state index is 0.653. The Labute approximate surface area is 112 Å². The molecule has 0 aliphatic carbocycles. The van der Waals surface area contributed by atoms with Crippen molar-refractivity contribution in [1.82, 2.24) is 0 Å². The first-order chi connectivity index (χ1) is 8.81. The number of benzene rings is 1. The van der Waals surface area contributed by atoms with E-state index >= 15 is 0 Å². The van der Waals surface area contributed by atoms with Crippen molar-refractivity contribution in [2.75, 3.05) is 24.7 Å². The summed E-state index contributed by atoms with van der Waals surface area (Å²) in [6.45, 7) is 11.3. The predicted molar refractivity (Wildman–Crippen MR) is 79.4 cm³/mol. The fraction of sp³-hybridized carbons (Fsp3) is 0.625. The number of anilines is 1. The maximum absolute atomic E-state index is 5.43. The molecule has 1 aliphatic rings. The Hall–Kier alpha value is -1.02. The van der Waals surface area contributed by atoms with Crippen molar-refractivity contribution in [2.45, 2.75) is 46.6 Å². The first-order valence-corrected chi connectivity index (χ1v) is 7.22. The van der Waals surface area contributed by atoms with Gasteiger partial charge in [-0.1, -0.05) is 26.0 Å². The Morgan fingerprint density at radius 1 is 1.22 bits per heavy atom. The van der Waals surface area contributed by atoms with E-state index in [0.29, 0.717) is 6.04 Å². The van der Waals surface area contributed by atoms with Gasteiger partial charge in [0.2, 0.25) is 0 Å². The highest BCUT2D eigenvalue weighted by atomic mass is 16.5. The van der Waals surface area contributed by atoms with E-state index in [1.807, 2.05) is 13.8 Å². The summed E-state index contributed by atoms with van der Waals surface area (Å²) in [5.41, 5.74) is 2.69. The molecule has 0 N–H and O–H groups in total. The van der Waals surface area contributed by atoms with Gasteiger partial charge in [-0.15, -0.1) is 0 Å². The van der Waals surface area contributed by atoms with Crippen LogP contribution in [0.25, 0.3) is 0 Å². The van der Waals surface area contributed by atoms with Crippen molar-refractivity contribution in [3.8, 4) is 0 Å². The van der Waals surface area contributed by atoms with Gasteiger partial charge in [-0.05, 0) is 44.4 Å². The van der Waals surface area contributed by atoms with Crippen LogP contribution < -0.4 is 4.90 Å². The predicted octanol–water partition coefficient (Wildman–Crippen LogP) is 4.03. The third-order valence-electron chi connectivity index (χ3n) is 3.31. The summed E-state index contributed by atoms with van der Waals surface area (Å²) in [5, 5.41) is 0. The topological polar surface area (TPSA) is 12.5 Å². The summed E-state index contributed by atoms with van der Waals surface area (Å²) < 4.78 is 5.43. The Morgan fingerprint density at radius 2 is 1.89 bits per heavy atom. The Balaban J connectivity index is 0.000000771. The van der Waals surface area contributed by atoms with Crippen molar-refractivity contribution in [1.29, 1.82) is 0 Å². The van der Waals surface area contributed by atoms with Crippen LogP contribution in [-0.2, 0) is 4.74 Å². The molecule has 0 bridgehead atoms. The molecule has 2 heteroatoms. The second-order valence-corrected chi connectivity index (χ2v) is 4.47. The van der Waals surface area contributed by atoms with Crippen LogP contribution in [-0.4, -0.2) is 25.8 Å². The number of hydrogen-bond acceptors (Lipinski definition) is 2. The van der Waals surface area contributed by atoms with Crippen LogP contribution in [0.2, 0.25) is 0 Å². The van der Waals surface area contributed by atoms with Gasteiger partial charge in [-0.2, -0.15) is 0 Å². The zero-order valence-corrected chi connectivity index (χ0v) is 12.3. The zero-order valence-electron chi connectivity index (χ0n) is 12.3. The molecule has 2 rings (SSSR count). The molecule has 1 aliphatic heterocycles. The third-order valence-corrected chi connectivity index (χ3v) is 3.31. The highest BCUT2D eigenvalue weighted by molar-refractivity contribution is 5.49. The van der Waals surface area contributed by atoms with Gasteiger partial charge in [0.1, 0.15) is 0 Å². The van der Waals surface area contributed by atoms with Crippen molar-refractivity contribution in [2.24, 2.45) is 0 Å². The van der Waals surface area contributed by atoms with E-state index in [9.17, 15) is 0 Å². The first kappa shape index (κ1) is 15.0. The molecule has 0 amide bonds. The largest absolute Gasteiger partial charge is 0.381 e. The van der Waals surface area contributed by atoms with Crippen molar-refractivity contribution >= 4 is 5.69 Å². The number of aryl methyl sites for hydroxylation is 1. The number of hydrogen-bond donors (Lipinski definition) is 0. The lowest BCUT2D eigenvalue weighted by Gasteiger charge is -2.35. The molecule has 1 aromatic carbocycles. The fourth-order valence-electron chi connectivity index (χ4n) is 2.46. The molecule has 0 radical (unpaired) electrons. The van der Waals surface area contributed by atoms with Crippen molar-refractivity contribution in [3.05, 3.63) is 29.8 Å². The van der Waals surface area contributed by atoms with Crippen LogP contribution in [0.3, 0.4) is 0 Å². The first-order valence-electron chi connectivity index (χ1n) is 7.22. The van der Waals surface area contributed by atoms with Crippen LogP contribution in [0.5, 0.6) is 0 Å². The minimum absolute atomic E-state index is 0.653. The van der Waals surface area contributed by atoms with E-state index in [2.05, 4.69) is 43.0 Å². The zero-order chi connectivity index (χ0) is 13.4. The molecule has 1 fully saturated rings. The number of ether oxygens (including phenoxy) is 1. The van der Waals surface area contributed by atoms with Gasteiger partial charge in [-0.25, -0.2) is 0 Å². The smallest absolute Gasteiger partial charge is 0.0485 e. The molecular weight excluding hydrogens is 222 g/mol. The van der Waals surface area contributed by atoms with E-state index in [1.165, 1.54) is 11.3 Å². The molecule has 1 heterocycles. The second kappa shape index (κ2) is 8.15. The molecule has 1 aromatic rings. The lowest BCUT2D eigenvalue weighted by Crippen LogP contribution is -2.39. The van der Waals surface area contributed by atoms with Gasteiger partial charge >= 0.3 is 0 Å². The summed E-state index contributed by atoms with van der Waals surface area (Å²) in [6.07, 6.45) is 2.31. The molecule has 1 saturated heterocycles. The molecule has 102 valence electrons. The quantitative estimate of drug-likeness (QED) is 0.802. The molecule has 0 saturated carbocycles. The van der Waals surface area contributed by atoms with E-state index in [-0.39, 0.29) is 0 Å². The molecule has 2 nitrogen and oxygen atoms in total. The average Bonchev–Trinajstić information content (AvgIpc) is 2.43. The van der Waals surface area contributed by atoms with Gasteiger partial charge in [-0.3, -0.25) is 0 Å². The molecular formula is C16H27NO. The Morgan fingerprint density at radius 3 is 2.44 bits per heavy atom. The van der Waals surface area contributed by atoms with Gasteiger partial charge < -0.3 is 9.64 Å². The average molecular weight is 249 g/mol. The van der Waals surface area contributed by atoms with E-state index in [4.69, 9.17) is 4.74 Å². The third kappa shape index (κ3) is 4.02. The van der Waals surface area contributed by atoms with Crippen LogP contribution in [0.1, 0.15) is 39.2 Å². The summed E-state index contributed by atoms with van der Waals surface area (Å²) in [5.74, 6) is 0. The molecule has 0 unspecified atom stereocenters. The highest BCUT2D eigenvalue weighted by Gasteiger charge is 2.20. The molecule has 0 atom stereocenters. The van der Waals surface area contributed by atoms with Crippen molar-refractivity contribution in [3.63, 3.8) is 0 Å². The highest BCUT2D eigenvalue weighted by Crippen LogP contribution is 2.23. The summed E-state index contributed by atoms with van der Waals surface area (Å²) >= 11 is 0. The van der Waals surface area contributed by atoms with Gasteiger partial charge in [0.15, 0.2) is 0 Å². The molecule has 18 heavy (non-hydrogen) atoms. The standard InChI is InChI=1S/C14H21NO.C2H6/c1-3-15(13-7-9-16-10-8-13)14-6-4-5-12(2)11-14;1-2/h4-6,11,13H,3,7-10H2,1-2H3;1-2H3. The Kier molecular flexibility index (Phi) is 6.81. The van der Waals surface area contributed by atoms with Gasteiger partial charge in [0.25, 0.3) is 0 Å². The van der Waals surface area contributed by atoms with E-state index < -0.39 is 0 Å². The van der Waals surface area contributed by atoms with Gasteiger partial charge in [0.05, 0.1) is 0 Å². The normalized spacial score (nSPS) is 15.8. The summed E-state index contributed by atoms with van der Waals surface area (Å²) in [4.78, 5) is 2.51. The summed E-state index contributed by atoms with van der Waals surface area (Å²) in [6, 6.07) is 9.44. The molecule has 0 spiro atoms. The van der Waals surface area contributed by atoms with Crippen LogP contribution in [0.15, 0.2) is 24.3 Å². The minimum Gasteiger partial charge on any atom is -0.381 e. The second-order valence-electron chi connectivity index (χ2n) is 4.47. The maximum atomic E-state index is 5.43. The lowest BCUT2D eigenvalue weighted by molar-refractivity contribution is 0.0846. The van der Waals surface area contributed by atoms with Crippen molar-refractivity contribution < 1.29 is 4.74 Å². The number of nitrogens with zero attached hydrogens (tertiary/aromatic N) is 1. The van der Waals surface area contributed by atoms with Gasteiger partial charge in [0, 0.05) is 31.5 Å². The maximum Gasteiger partial charge on any atom is 0.0485 e.